The average molecular weight is 500 g/mol. The second kappa shape index (κ2) is 9.65. The Morgan fingerprint density at radius 3 is 2.51 bits per heavy atom. The van der Waals surface area contributed by atoms with Gasteiger partial charge in [0, 0.05) is 29.2 Å². The van der Waals surface area contributed by atoms with Gasteiger partial charge in [0.1, 0.15) is 5.82 Å². The molecule has 2 aromatic carbocycles. The van der Waals surface area contributed by atoms with E-state index in [4.69, 9.17) is 11.6 Å². The topological polar surface area (TPSA) is 90.4 Å². The molecule has 0 spiro atoms. The van der Waals surface area contributed by atoms with Gasteiger partial charge < -0.3 is 5.32 Å². The zero-order chi connectivity index (χ0) is 25.4. The van der Waals surface area contributed by atoms with Gasteiger partial charge in [-0.1, -0.05) is 45.4 Å². The molecule has 2 aromatic heterocycles. The van der Waals surface area contributed by atoms with E-state index >= 15 is 0 Å². The van der Waals surface area contributed by atoms with Crippen LogP contribution in [0.1, 0.15) is 43.6 Å². The summed E-state index contributed by atoms with van der Waals surface area (Å²) in [6, 6.07) is 8.91. The van der Waals surface area contributed by atoms with Crippen LogP contribution in [0.5, 0.6) is 0 Å². The van der Waals surface area contributed by atoms with Crippen LogP contribution in [0.4, 0.5) is 4.39 Å². The molecule has 0 aliphatic heterocycles. The van der Waals surface area contributed by atoms with E-state index in [2.05, 4.69) is 10.4 Å². The van der Waals surface area contributed by atoms with Crippen molar-refractivity contribution in [1.29, 1.82) is 0 Å². The molecule has 4 rings (SSSR count). The van der Waals surface area contributed by atoms with Crippen LogP contribution in [-0.2, 0) is 13.1 Å². The lowest BCUT2D eigenvalue weighted by Crippen LogP contribution is -2.29. The fraction of sp³-hybridized carbons (Fsp3) is 0.360. The third kappa shape index (κ3) is 4.73. The fourth-order valence-corrected chi connectivity index (χ4v) is 4.14. The van der Waals surface area contributed by atoms with Gasteiger partial charge in [0.15, 0.2) is 0 Å². The first-order valence-electron chi connectivity index (χ1n) is 11.5. The highest BCUT2D eigenvalue weighted by molar-refractivity contribution is 6.31. The Morgan fingerprint density at radius 1 is 1.11 bits per heavy atom. The molecule has 4 aromatic rings. The molecule has 0 unspecified atom stereocenters. The predicted octanol–water partition coefficient (Wildman–Crippen LogP) is 3.69. The number of benzene rings is 2. The molecule has 0 bridgehead atoms. The standard InChI is InChI=1S/C25H27ClFN5O3/c1-14(2)11-28-22(33)16-8-9-17-21(10-16)32-24(30(23(17)34)12-15(3)4)29-31(25(32)35)13-18-19(26)6-5-7-20(18)27/h5-10,14-15H,11-13H2,1-4H3,(H,28,33). The molecule has 8 nitrogen and oxygen atoms in total. The first kappa shape index (κ1) is 24.7. The van der Waals surface area contributed by atoms with E-state index in [9.17, 15) is 18.8 Å². The third-order valence-electron chi connectivity index (χ3n) is 5.63. The van der Waals surface area contributed by atoms with Crippen LogP contribution in [0.3, 0.4) is 0 Å². The highest BCUT2D eigenvalue weighted by atomic mass is 35.5. The predicted molar refractivity (Wildman–Crippen MR) is 134 cm³/mol. The minimum atomic E-state index is -0.568. The molecule has 184 valence electrons. The maximum Gasteiger partial charge on any atom is 0.352 e. The number of hydrogen-bond acceptors (Lipinski definition) is 4. The number of carbonyl (C=O) groups excluding carboxylic acids is 1. The zero-order valence-corrected chi connectivity index (χ0v) is 20.8. The van der Waals surface area contributed by atoms with Crippen molar-refractivity contribution in [2.45, 2.75) is 40.8 Å². The molecule has 35 heavy (non-hydrogen) atoms. The Kier molecular flexibility index (Phi) is 6.80. The molecule has 1 N–H and O–H groups in total. The number of hydrogen-bond donors (Lipinski definition) is 1. The van der Waals surface area contributed by atoms with Gasteiger partial charge in [0.25, 0.3) is 11.5 Å². The summed E-state index contributed by atoms with van der Waals surface area (Å²) in [6.45, 7) is 8.47. The van der Waals surface area contributed by atoms with Crippen LogP contribution in [0, 0.1) is 17.7 Å². The number of aromatic nitrogens is 4. The maximum absolute atomic E-state index is 14.4. The lowest BCUT2D eigenvalue weighted by Gasteiger charge is -2.13. The Morgan fingerprint density at radius 2 is 1.86 bits per heavy atom. The van der Waals surface area contributed by atoms with Gasteiger partial charge in [-0.2, -0.15) is 0 Å². The summed E-state index contributed by atoms with van der Waals surface area (Å²) < 4.78 is 18.2. The van der Waals surface area contributed by atoms with E-state index < -0.39 is 11.5 Å². The van der Waals surface area contributed by atoms with Gasteiger partial charge in [-0.05, 0) is 42.2 Å². The summed E-state index contributed by atoms with van der Waals surface area (Å²) in [6.07, 6.45) is 0. The number of carbonyl (C=O) groups is 1. The molecule has 1 amide bonds. The lowest BCUT2D eigenvalue weighted by molar-refractivity contribution is 0.0949. The van der Waals surface area contributed by atoms with Gasteiger partial charge >= 0.3 is 5.69 Å². The van der Waals surface area contributed by atoms with Gasteiger partial charge in [0.2, 0.25) is 5.78 Å². The first-order valence-corrected chi connectivity index (χ1v) is 11.8. The second-order valence-electron chi connectivity index (χ2n) is 9.42. The van der Waals surface area contributed by atoms with Gasteiger partial charge in [-0.25, -0.2) is 18.3 Å². The molecule has 0 saturated heterocycles. The summed E-state index contributed by atoms with van der Waals surface area (Å²) >= 11 is 6.17. The Labute approximate surface area is 205 Å². The molecule has 0 radical (unpaired) electrons. The van der Waals surface area contributed by atoms with E-state index in [-0.39, 0.29) is 57.1 Å². The minimum absolute atomic E-state index is 0.0938. The van der Waals surface area contributed by atoms with Crippen LogP contribution in [-0.4, -0.2) is 31.2 Å². The average Bonchev–Trinajstić information content (AvgIpc) is 3.13. The molecule has 2 heterocycles. The number of nitrogens with one attached hydrogen (secondary N) is 1. The van der Waals surface area contributed by atoms with Crippen LogP contribution >= 0.6 is 11.6 Å². The number of halogens is 2. The lowest BCUT2D eigenvalue weighted by atomic mass is 10.1. The van der Waals surface area contributed by atoms with Gasteiger partial charge in [-0.15, -0.1) is 5.10 Å². The summed E-state index contributed by atoms with van der Waals surface area (Å²) in [5.41, 5.74) is -0.191. The Balaban J connectivity index is 1.96. The van der Waals surface area contributed by atoms with Crippen LogP contribution in [0.15, 0.2) is 46.0 Å². The van der Waals surface area contributed by atoms with Crippen molar-refractivity contribution < 1.29 is 9.18 Å². The molecule has 0 aliphatic rings. The summed E-state index contributed by atoms with van der Waals surface area (Å²) in [5.74, 6) is -0.390. The summed E-state index contributed by atoms with van der Waals surface area (Å²) in [5, 5.41) is 7.68. The SMILES string of the molecule is CC(C)CNC(=O)c1ccc2c(=O)n(CC(C)C)c3nn(Cc4c(F)cccc4Cl)c(=O)n3c2c1. The molecular weight excluding hydrogens is 473 g/mol. The highest BCUT2D eigenvalue weighted by Crippen LogP contribution is 2.20. The van der Waals surface area contributed by atoms with Crippen LogP contribution < -0.4 is 16.6 Å². The quantitative estimate of drug-likeness (QED) is 0.420. The first-order chi connectivity index (χ1) is 16.6. The van der Waals surface area contributed by atoms with Crippen molar-refractivity contribution in [1.82, 2.24) is 24.1 Å². The Hall–Kier alpha value is -3.46. The molecule has 0 aliphatic carbocycles. The van der Waals surface area contributed by atoms with E-state index in [1.165, 1.54) is 33.2 Å². The van der Waals surface area contributed by atoms with Crippen molar-refractivity contribution in [3.05, 3.63) is 79.2 Å². The van der Waals surface area contributed by atoms with Crippen LogP contribution in [0.25, 0.3) is 16.7 Å². The number of rotatable bonds is 7. The number of fused-ring (bicyclic) bond motifs is 3. The fourth-order valence-electron chi connectivity index (χ4n) is 3.92. The molecule has 0 atom stereocenters. The van der Waals surface area contributed by atoms with E-state index in [1.807, 2.05) is 27.7 Å². The van der Waals surface area contributed by atoms with E-state index in [0.29, 0.717) is 18.7 Å². The van der Waals surface area contributed by atoms with Crippen molar-refractivity contribution in [2.75, 3.05) is 6.54 Å². The molecule has 0 saturated carbocycles. The van der Waals surface area contributed by atoms with E-state index in [1.54, 1.807) is 12.1 Å². The smallest absolute Gasteiger partial charge is 0.352 e. The summed E-state index contributed by atoms with van der Waals surface area (Å²) in [4.78, 5) is 39.5. The van der Waals surface area contributed by atoms with Crippen molar-refractivity contribution >= 4 is 34.2 Å². The molecular formula is C25H27ClFN5O3. The van der Waals surface area contributed by atoms with Crippen molar-refractivity contribution in [2.24, 2.45) is 11.8 Å². The van der Waals surface area contributed by atoms with Crippen LogP contribution in [0.2, 0.25) is 5.02 Å². The largest absolute Gasteiger partial charge is 0.352 e. The number of amides is 1. The third-order valence-corrected chi connectivity index (χ3v) is 5.98. The van der Waals surface area contributed by atoms with Gasteiger partial charge in [0.05, 0.1) is 17.4 Å². The highest BCUT2D eigenvalue weighted by Gasteiger charge is 2.21. The van der Waals surface area contributed by atoms with E-state index in [0.717, 1.165) is 4.68 Å². The normalized spacial score (nSPS) is 11.8. The maximum atomic E-state index is 14.4. The zero-order valence-electron chi connectivity index (χ0n) is 20.0. The summed E-state index contributed by atoms with van der Waals surface area (Å²) in [7, 11) is 0. The van der Waals surface area contributed by atoms with Gasteiger partial charge in [-0.3, -0.25) is 14.2 Å². The number of nitrogens with zero attached hydrogens (tertiary/aromatic N) is 4. The molecule has 0 fully saturated rings. The van der Waals surface area contributed by atoms with Crippen molar-refractivity contribution in [3.63, 3.8) is 0 Å². The minimum Gasteiger partial charge on any atom is -0.352 e. The second-order valence-corrected chi connectivity index (χ2v) is 9.83. The van der Waals surface area contributed by atoms with Crippen molar-refractivity contribution in [3.8, 4) is 0 Å². The monoisotopic (exact) mass is 499 g/mol. The Bertz CT molecular complexity index is 1530. The molecule has 10 heteroatoms.